The van der Waals surface area contributed by atoms with Crippen molar-refractivity contribution in [1.29, 1.82) is 0 Å². The molecule has 0 saturated carbocycles. The van der Waals surface area contributed by atoms with Crippen molar-refractivity contribution in [3.63, 3.8) is 0 Å². The number of nitrogens with one attached hydrogen (secondary N) is 2. The number of benzene rings is 1. The van der Waals surface area contributed by atoms with Crippen LogP contribution in [0.3, 0.4) is 0 Å². The molecule has 5 N–H and O–H groups in total. The predicted octanol–water partition coefficient (Wildman–Crippen LogP) is -1.12. The SMILES string of the molecule is C[C@@H](O)[C@H](NC(=O)CN=Cc1ccccc1O)C(=O)NCC(=O)O. The van der Waals surface area contributed by atoms with E-state index >= 15 is 0 Å². The highest BCUT2D eigenvalue weighted by atomic mass is 16.4. The maximum Gasteiger partial charge on any atom is 0.322 e. The number of para-hydroxylation sites is 1. The lowest BCUT2D eigenvalue weighted by Gasteiger charge is -2.19. The van der Waals surface area contributed by atoms with Crippen molar-refractivity contribution in [2.75, 3.05) is 13.1 Å². The number of aliphatic carboxylic acids is 1. The third kappa shape index (κ3) is 6.44. The second kappa shape index (κ2) is 9.26. The Morgan fingerprint density at radius 3 is 2.54 bits per heavy atom. The van der Waals surface area contributed by atoms with Gasteiger partial charge >= 0.3 is 5.97 Å². The molecule has 9 heteroatoms. The van der Waals surface area contributed by atoms with Crippen LogP contribution in [0.15, 0.2) is 29.3 Å². The van der Waals surface area contributed by atoms with Crippen LogP contribution >= 0.6 is 0 Å². The first-order valence-corrected chi connectivity index (χ1v) is 7.06. The summed E-state index contributed by atoms with van der Waals surface area (Å²) in [5.41, 5.74) is 0.427. The smallest absolute Gasteiger partial charge is 0.322 e. The summed E-state index contributed by atoms with van der Waals surface area (Å²) in [6.45, 7) is 0.337. The van der Waals surface area contributed by atoms with E-state index in [4.69, 9.17) is 5.11 Å². The lowest BCUT2D eigenvalue weighted by molar-refractivity contribution is -0.139. The largest absolute Gasteiger partial charge is 0.507 e. The van der Waals surface area contributed by atoms with Gasteiger partial charge in [0.15, 0.2) is 0 Å². The van der Waals surface area contributed by atoms with Crippen LogP contribution in [-0.2, 0) is 14.4 Å². The Kier molecular flexibility index (Phi) is 7.37. The van der Waals surface area contributed by atoms with Crippen molar-refractivity contribution in [2.24, 2.45) is 4.99 Å². The van der Waals surface area contributed by atoms with Gasteiger partial charge in [0.1, 0.15) is 24.9 Å². The molecule has 1 rings (SSSR count). The van der Waals surface area contributed by atoms with Gasteiger partial charge in [-0.25, -0.2) is 0 Å². The fourth-order valence-corrected chi connectivity index (χ4v) is 1.72. The molecule has 0 fully saturated rings. The zero-order chi connectivity index (χ0) is 18.1. The number of nitrogens with zero attached hydrogens (tertiary/aromatic N) is 1. The van der Waals surface area contributed by atoms with Crippen LogP contribution < -0.4 is 10.6 Å². The zero-order valence-corrected chi connectivity index (χ0v) is 13.0. The fraction of sp³-hybridized carbons (Fsp3) is 0.333. The number of amides is 2. The van der Waals surface area contributed by atoms with Crippen molar-refractivity contribution in [3.05, 3.63) is 29.8 Å². The number of aliphatic hydroxyl groups excluding tert-OH is 1. The third-order valence-electron chi connectivity index (χ3n) is 2.90. The number of carboxylic acids is 1. The van der Waals surface area contributed by atoms with E-state index in [1.54, 1.807) is 18.2 Å². The lowest BCUT2D eigenvalue weighted by atomic mass is 10.1. The molecule has 0 aliphatic rings. The number of phenols is 1. The summed E-state index contributed by atoms with van der Waals surface area (Å²) in [7, 11) is 0. The Morgan fingerprint density at radius 1 is 1.29 bits per heavy atom. The highest BCUT2D eigenvalue weighted by Gasteiger charge is 2.25. The van der Waals surface area contributed by atoms with E-state index in [1.165, 1.54) is 19.2 Å². The van der Waals surface area contributed by atoms with Crippen LogP contribution in [0.1, 0.15) is 12.5 Å². The van der Waals surface area contributed by atoms with Gasteiger partial charge in [-0.3, -0.25) is 19.4 Å². The number of hydrogen-bond acceptors (Lipinski definition) is 6. The summed E-state index contributed by atoms with van der Waals surface area (Å²) in [5, 5.41) is 31.9. The maximum absolute atomic E-state index is 11.8. The first kappa shape index (κ1) is 19.1. The Bertz CT molecular complexity index is 629. The van der Waals surface area contributed by atoms with Crippen LogP contribution in [0.4, 0.5) is 0 Å². The van der Waals surface area contributed by atoms with Gasteiger partial charge in [0.2, 0.25) is 11.8 Å². The van der Waals surface area contributed by atoms with Gasteiger partial charge in [-0.15, -0.1) is 0 Å². The minimum Gasteiger partial charge on any atom is -0.507 e. The van der Waals surface area contributed by atoms with E-state index < -0.39 is 36.5 Å². The molecule has 130 valence electrons. The van der Waals surface area contributed by atoms with Gasteiger partial charge in [0.05, 0.1) is 6.10 Å². The van der Waals surface area contributed by atoms with Crippen LogP contribution in [0, 0.1) is 0 Å². The first-order chi connectivity index (χ1) is 11.3. The molecule has 0 heterocycles. The molecular weight excluding hydrogens is 318 g/mol. The lowest BCUT2D eigenvalue weighted by Crippen LogP contribution is -2.53. The van der Waals surface area contributed by atoms with Gasteiger partial charge in [-0.1, -0.05) is 12.1 Å². The Hall–Kier alpha value is -2.94. The first-order valence-electron chi connectivity index (χ1n) is 7.06. The summed E-state index contributed by atoms with van der Waals surface area (Å²) in [6.07, 6.45) is 0.0847. The van der Waals surface area contributed by atoms with Crippen molar-refractivity contribution >= 4 is 24.0 Å². The molecule has 1 aromatic rings. The summed E-state index contributed by atoms with van der Waals surface area (Å²) in [6, 6.07) is 5.11. The number of aliphatic hydroxyl groups is 1. The highest BCUT2D eigenvalue weighted by molar-refractivity contribution is 5.91. The Balaban J connectivity index is 2.58. The maximum atomic E-state index is 11.8. The van der Waals surface area contributed by atoms with Gasteiger partial charge < -0.3 is 26.0 Å². The van der Waals surface area contributed by atoms with Crippen molar-refractivity contribution in [2.45, 2.75) is 19.1 Å². The van der Waals surface area contributed by atoms with Crippen LogP contribution in [-0.4, -0.2) is 64.6 Å². The molecule has 0 unspecified atom stereocenters. The molecule has 2 amide bonds. The van der Waals surface area contributed by atoms with Crippen molar-refractivity contribution in [1.82, 2.24) is 10.6 Å². The predicted molar refractivity (Wildman–Crippen MR) is 84.8 cm³/mol. The van der Waals surface area contributed by atoms with E-state index in [1.807, 2.05) is 0 Å². The molecular formula is C15H19N3O6. The second-order valence-corrected chi connectivity index (χ2v) is 4.93. The topological polar surface area (TPSA) is 148 Å². The molecule has 0 aliphatic heterocycles. The summed E-state index contributed by atoms with van der Waals surface area (Å²) in [4.78, 5) is 37.8. The molecule has 1 aromatic carbocycles. The third-order valence-corrected chi connectivity index (χ3v) is 2.90. The Morgan fingerprint density at radius 2 is 1.96 bits per heavy atom. The van der Waals surface area contributed by atoms with Crippen LogP contribution in [0.25, 0.3) is 0 Å². The summed E-state index contributed by atoms with van der Waals surface area (Å²) >= 11 is 0. The number of aliphatic imine (C=N–C) groups is 1. The fourth-order valence-electron chi connectivity index (χ4n) is 1.72. The number of carbonyl (C=O) groups excluding carboxylic acids is 2. The van der Waals surface area contributed by atoms with E-state index in [0.717, 1.165) is 0 Å². The average Bonchev–Trinajstić information content (AvgIpc) is 2.51. The second-order valence-electron chi connectivity index (χ2n) is 4.93. The minimum atomic E-state index is -1.29. The molecule has 0 spiro atoms. The minimum absolute atomic E-state index is 0.0107. The molecule has 0 aliphatic carbocycles. The van der Waals surface area contributed by atoms with Crippen molar-refractivity contribution < 1.29 is 29.7 Å². The molecule has 0 bridgehead atoms. The number of phenolic OH excluding ortho intramolecular Hbond substituents is 1. The molecule has 0 saturated heterocycles. The van der Waals surface area contributed by atoms with Crippen LogP contribution in [0.5, 0.6) is 5.75 Å². The highest BCUT2D eigenvalue weighted by Crippen LogP contribution is 2.12. The molecule has 0 radical (unpaired) electrons. The van der Waals surface area contributed by atoms with Gasteiger partial charge in [-0.05, 0) is 19.1 Å². The number of hydrogen-bond donors (Lipinski definition) is 5. The zero-order valence-electron chi connectivity index (χ0n) is 13.0. The standard InChI is InChI=1S/C15H19N3O6/c1-9(19)14(15(24)17-8-13(22)23)18-12(21)7-16-6-10-4-2-3-5-11(10)20/h2-6,9,14,19-20H,7-8H2,1H3,(H,17,24)(H,18,21)(H,22,23)/t9-,14+/m1/s1. The monoisotopic (exact) mass is 337 g/mol. The van der Waals surface area contributed by atoms with Gasteiger partial charge in [-0.2, -0.15) is 0 Å². The quantitative estimate of drug-likeness (QED) is 0.379. The van der Waals surface area contributed by atoms with E-state index in [9.17, 15) is 24.6 Å². The number of aromatic hydroxyl groups is 1. The van der Waals surface area contributed by atoms with Gasteiger partial charge in [0.25, 0.3) is 0 Å². The van der Waals surface area contributed by atoms with Crippen LogP contribution in [0.2, 0.25) is 0 Å². The number of carbonyl (C=O) groups is 3. The Labute approximate surface area is 138 Å². The molecule has 9 nitrogen and oxygen atoms in total. The summed E-state index contributed by atoms with van der Waals surface area (Å²) < 4.78 is 0. The summed E-state index contributed by atoms with van der Waals surface area (Å²) in [5.74, 6) is -2.69. The normalized spacial score (nSPS) is 13.2. The van der Waals surface area contributed by atoms with Gasteiger partial charge in [0, 0.05) is 11.8 Å². The van der Waals surface area contributed by atoms with E-state index in [0.29, 0.717) is 5.56 Å². The molecule has 2 atom stereocenters. The molecule has 0 aromatic heterocycles. The number of carboxylic acid groups (broad SMARTS) is 1. The average molecular weight is 337 g/mol. The van der Waals surface area contributed by atoms with Crippen molar-refractivity contribution in [3.8, 4) is 5.75 Å². The van der Waals surface area contributed by atoms with E-state index in [2.05, 4.69) is 15.6 Å². The molecule has 24 heavy (non-hydrogen) atoms. The number of rotatable bonds is 8. The van der Waals surface area contributed by atoms with E-state index in [-0.39, 0.29) is 12.3 Å².